The van der Waals surface area contributed by atoms with Crippen molar-refractivity contribution in [1.29, 1.82) is 0 Å². The molecule has 0 aliphatic heterocycles. The van der Waals surface area contributed by atoms with Gasteiger partial charge in [-0.05, 0) is 29.7 Å². The smallest absolute Gasteiger partial charge is 0.258 e. The van der Waals surface area contributed by atoms with Gasteiger partial charge in [0.15, 0.2) is 5.13 Å². The molecule has 0 aliphatic carbocycles. The average Bonchev–Trinajstić information content (AvgIpc) is 3.03. The van der Waals surface area contributed by atoms with Crippen molar-refractivity contribution in [2.45, 2.75) is 19.8 Å². The number of aromatic nitrogens is 1. The van der Waals surface area contributed by atoms with Crippen molar-refractivity contribution in [2.75, 3.05) is 5.32 Å². The lowest BCUT2D eigenvalue weighted by molar-refractivity contribution is 0.102. The molecule has 0 fully saturated rings. The van der Waals surface area contributed by atoms with E-state index in [-0.39, 0.29) is 5.91 Å². The van der Waals surface area contributed by atoms with Crippen molar-refractivity contribution in [3.05, 3.63) is 69.0 Å². The van der Waals surface area contributed by atoms with Gasteiger partial charge in [-0.1, -0.05) is 61.3 Å². The van der Waals surface area contributed by atoms with E-state index in [9.17, 15) is 4.79 Å². The summed E-state index contributed by atoms with van der Waals surface area (Å²) in [5, 5.41) is 6.03. The standard InChI is InChI=1S/C19H16Cl2N2OS/c1-11(2)12-3-5-13(6-4-12)17-10-25-19(22-17)23-18(24)15-8-7-14(20)9-16(15)21/h3-11H,1-2H3,(H,22,23,24). The normalized spacial score (nSPS) is 10.9. The maximum absolute atomic E-state index is 12.3. The van der Waals surface area contributed by atoms with E-state index in [1.165, 1.54) is 16.9 Å². The Morgan fingerprint density at radius 2 is 1.84 bits per heavy atom. The number of hydrogen-bond donors (Lipinski definition) is 1. The van der Waals surface area contributed by atoms with E-state index in [1.54, 1.807) is 18.2 Å². The molecule has 3 aromatic rings. The Morgan fingerprint density at radius 1 is 1.12 bits per heavy atom. The Hall–Kier alpha value is -1.88. The SMILES string of the molecule is CC(C)c1ccc(-c2csc(NC(=O)c3ccc(Cl)cc3Cl)n2)cc1. The van der Waals surface area contributed by atoms with Gasteiger partial charge in [-0.2, -0.15) is 0 Å². The molecule has 25 heavy (non-hydrogen) atoms. The third kappa shape index (κ3) is 4.21. The fraction of sp³-hybridized carbons (Fsp3) is 0.158. The molecule has 1 heterocycles. The van der Waals surface area contributed by atoms with Crippen LogP contribution in [0.15, 0.2) is 47.8 Å². The Kier molecular flexibility index (Phi) is 5.42. The zero-order valence-corrected chi connectivity index (χ0v) is 16.0. The third-order valence-electron chi connectivity index (χ3n) is 3.77. The van der Waals surface area contributed by atoms with E-state index in [0.29, 0.717) is 26.7 Å². The van der Waals surface area contributed by atoms with Crippen LogP contribution >= 0.6 is 34.5 Å². The van der Waals surface area contributed by atoms with Gasteiger partial charge in [-0.15, -0.1) is 11.3 Å². The lowest BCUT2D eigenvalue weighted by Crippen LogP contribution is -2.12. The zero-order chi connectivity index (χ0) is 18.0. The van der Waals surface area contributed by atoms with Gasteiger partial charge >= 0.3 is 0 Å². The lowest BCUT2D eigenvalue weighted by Gasteiger charge is -2.05. The number of anilines is 1. The minimum Gasteiger partial charge on any atom is -0.298 e. The summed E-state index contributed by atoms with van der Waals surface area (Å²) in [6.45, 7) is 4.32. The highest BCUT2D eigenvalue weighted by atomic mass is 35.5. The molecule has 0 saturated carbocycles. The molecule has 0 bridgehead atoms. The molecule has 0 saturated heterocycles. The van der Waals surface area contributed by atoms with Gasteiger partial charge in [-0.3, -0.25) is 10.1 Å². The minimum absolute atomic E-state index is 0.308. The van der Waals surface area contributed by atoms with E-state index in [1.807, 2.05) is 17.5 Å². The molecule has 0 radical (unpaired) electrons. The summed E-state index contributed by atoms with van der Waals surface area (Å²) in [5.41, 5.74) is 3.50. The van der Waals surface area contributed by atoms with Crippen LogP contribution in [0.1, 0.15) is 35.7 Å². The van der Waals surface area contributed by atoms with Crippen LogP contribution in [-0.2, 0) is 0 Å². The second-order valence-corrected chi connectivity index (χ2v) is 7.59. The van der Waals surface area contributed by atoms with Gasteiger partial charge < -0.3 is 0 Å². The number of halogens is 2. The van der Waals surface area contributed by atoms with Gasteiger partial charge in [-0.25, -0.2) is 4.98 Å². The number of carbonyl (C=O) groups is 1. The van der Waals surface area contributed by atoms with E-state index < -0.39 is 0 Å². The second-order valence-electron chi connectivity index (χ2n) is 5.89. The molecule has 0 unspecified atom stereocenters. The fourth-order valence-corrected chi connectivity index (χ4v) is 3.55. The Morgan fingerprint density at radius 3 is 2.48 bits per heavy atom. The fourth-order valence-electron chi connectivity index (χ4n) is 2.34. The average molecular weight is 391 g/mol. The topological polar surface area (TPSA) is 42.0 Å². The maximum atomic E-state index is 12.3. The molecule has 0 atom stereocenters. The van der Waals surface area contributed by atoms with Crippen molar-refractivity contribution in [3.63, 3.8) is 0 Å². The summed E-state index contributed by atoms with van der Waals surface area (Å²) in [6, 6.07) is 13.1. The van der Waals surface area contributed by atoms with Crippen molar-refractivity contribution in [2.24, 2.45) is 0 Å². The number of thiazole rings is 1. The summed E-state index contributed by atoms with van der Waals surface area (Å²) in [7, 11) is 0. The summed E-state index contributed by atoms with van der Waals surface area (Å²) in [4.78, 5) is 16.8. The predicted molar refractivity (Wildman–Crippen MR) is 106 cm³/mol. The highest BCUT2D eigenvalue weighted by Gasteiger charge is 2.13. The molecule has 1 N–H and O–H groups in total. The molecule has 0 spiro atoms. The quantitative estimate of drug-likeness (QED) is 0.552. The minimum atomic E-state index is -0.308. The maximum Gasteiger partial charge on any atom is 0.258 e. The summed E-state index contributed by atoms with van der Waals surface area (Å²) >= 11 is 13.3. The molecule has 1 amide bonds. The van der Waals surface area contributed by atoms with Gasteiger partial charge in [0.2, 0.25) is 0 Å². The third-order valence-corrected chi connectivity index (χ3v) is 5.08. The molecule has 3 nitrogen and oxygen atoms in total. The first-order valence-electron chi connectivity index (χ1n) is 7.76. The van der Waals surface area contributed by atoms with Gasteiger partial charge in [0.25, 0.3) is 5.91 Å². The second kappa shape index (κ2) is 7.56. The number of carbonyl (C=O) groups excluding carboxylic acids is 1. The molecule has 1 aromatic heterocycles. The molecular formula is C19H16Cl2N2OS. The van der Waals surface area contributed by atoms with Gasteiger partial charge in [0.1, 0.15) is 0 Å². The molecule has 6 heteroatoms. The molecule has 128 valence electrons. The highest BCUT2D eigenvalue weighted by Crippen LogP contribution is 2.28. The highest BCUT2D eigenvalue weighted by molar-refractivity contribution is 7.14. The first kappa shape index (κ1) is 17.9. The predicted octanol–water partition coefficient (Wildman–Crippen LogP) is 6.49. The molecular weight excluding hydrogens is 375 g/mol. The lowest BCUT2D eigenvalue weighted by atomic mass is 10.0. The van der Waals surface area contributed by atoms with Crippen LogP contribution in [-0.4, -0.2) is 10.9 Å². The van der Waals surface area contributed by atoms with E-state index in [4.69, 9.17) is 23.2 Å². The summed E-state index contributed by atoms with van der Waals surface area (Å²) in [6.07, 6.45) is 0. The van der Waals surface area contributed by atoms with E-state index in [0.717, 1.165) is 11.3 Å². The molecule has 0 aliphatic rings. The number of nitrogens with one attached hydrogen (secondary N) is 1. The number of rotatable bonds is 4. The summed E-state index contributed by atoms with van der Waals surface area (Å²) < 4.78 is 0. The Balaban J connectivity index is 1.76. The summed E-state index contributed by atoms with van der Waals surface area (Å²) in [5.74, 6) is 0.182. The molecule has 3 rings (SSSR count). The van der Waals surface area contributed by atoms with Crippen LogP contribution in [0, 0.1) is 0 Å². The van der Waals surface area contributed by atoms with Crippen LogP contribution in [0.3, 0.4) is 0 Å². The van der Waals surface area contributed by atoms with Crippen LogP contribution in [0.25, 0.3) is 11.3 Å². The monoisotopic (exact) mass is 390 g/mol. The van der Waals surface area contributed by atoms with Crippen LogP contribution in [0.5, 0.6) is 0 Å². The largest absolute Gasteiger partial charge is 0.298 e. The number of benzene rings is 2. The van der Waals surface area contributed by atoms with Crippen LogP contribution in [0.2, 0.25) is 10.0 Å². The van der Waals surface area contributed by atoms with Gasteiger partial charge in [0, 0.05) is 16.0 Å². The Labute approximate surface area is 160 Å². The first-order chi connectivity index (χ1) is 11.9. The zero-order valence-electron chi connectivity index (χ0n) is 13.7. The van der Waals surface area contributed by atoms with Gasteiger partial charge in [0.05, 0.1) is 16.3 Å². The van der Waals surface area contributed by atoms with E-state index >= 15 is 0 Å². The molecule has 2 aromatic carbocycles. The van der Waals surface area contributed by atoms with Crippen molar-refractivity contribution in [1.82, 2.24) is 4.98 Å². The number of nitrogens with zero attached hydrogens (tertiary/aromatic N) is 1. The first-order valence-corrected chi connectivity index (χ1v) is 9.40. The van der Waals surface area contributed by atoms with Crippen molar-refractivity contribution >= 4 is 45.6 Å². The number of amides is 1. The Bertz CT molecular complexity index is 904. The van der Waals surface area contributed by atoms with Crippen molar-refractivity contribution in [3.8, 4) is 11.3 Å². The van der Waals surface area contributed by atoms with E-state index in [2.05, 4.69) is 36.3 Å². The van der Waals surface area contributed by atoms with Crippen LogP contribution < -0.4 is 5.32 Å². The number of hydrogen-bond acceptors (Lipinski definition) is 3. The van der Waals surface area contributed by atoms with Crippen molar-refractivity contribution < 1.29 is 4.79 Å². The van der Waals surface area contributed by atoms with Crippen LogP contribution in [0.4, 0.5) is 5.13 Å².